The lowest BCUT2D eigenvalue weighted by Gasteiger charge is -2.04. The number of hydrogen-bond donors (Lipinski definition) is 2. The van der Waals surface area contributed by atoms with Gasteiger partial charge in [-0.2, -0.15) is 5.10 Å². The molecule has 2 rings (SSSR count). The second-order valence-corrected chi connectivity index (χ2v) is 3.89. The van der Waals surface area contributed by atoms with E-state index in [4.69, 9.17) is 0 Å². The van der Waals surface area contributed by atoms with Crippen LogP contribution in [0.3, 0.4) is 0 Å². The average Bonchev–Trinajstić information content (AvgIpc) is 2.53. The summed E-state index contributed by atoms with van der Waals surface area (Å²) in [7, 11) is 1.90. The summed E-state index contributed by atoms with van der Waals surface area (Å²) in [6.07, 6.45) is 3.06. The maximum Gasteiger partial charge on any atom is 0.290 e. The smallest absolute Gasteiger partial charge is 0.290 e. The topological polar surface area (TPSA) is 75.6 Å². The molecule has 17 heavy (non-hydrogen) atoms. The van der Waals surface area contributed by atoms with E-state index in [1.54, 1.807) is 6.20 Å². The zero-order valence-corrected chi connectivity index (χ0v) is 10.1. The normalized spacial score (nSPS) is 10.5. The lowest BCUT2D eigenvalue weighted by molar-refractivity contribution is 0.730. The van der Waals surface area contributed by atoms with Gasteiger partial charge in [0.15, 0.2) is 5.82 Å². The monoisotopic (exact) mass is 233 g/mol. The molecule has 0 fully saturated rings. The minimum atomic E-state index is -0.216. The second-order valence-electron chi connectivity index (χ2n) is 3.89. The third-order valence-corrected chi connectivity index (χ3v) is 2.80. The van der Waals surface area contributed by atoms with Crippen LogP contribution in [0.1, 0.15) is 17.0 Å². The quantitative estimate of drug-likeness (QED) is 0.819. The Morgan fingerprint density at radius 3 is 2.82 bits per heavy atom. The highest BCUT2D eigenvalue weighted by Gasteiger charge is 2.09. The SMILES string of the molecule is Cc1nn(C)c(C)c1CNc1ncc[nH]c1=O. The van der Waals surface area contributed by atoms with Crippen LogP contribution in [-0.2, 0) is 13.6 Å². The van der Waals surface area contributed by atoms with E-state index in [0.29, 0.717) is 12.4 Å². The van der Waals surface area contributed by atoms with Gasteiger partial charge in [0, 0.05) is 37.2 Å². The predicted molar refractivity (Wildman–Crippen MR) is 64.9 cm³/mol. The molecule has 0 saturated carbocycles. The first kappa shape index (κ1) is 11.4. The number of aromatic nitrogens is 4. The molecule has 6 heteroatoms. The molecule has 2 heterocycles. The molecule has 90 valence electrons. The van der Waals surface area contributed by atoms with E-state index in [-0.39, 0.29) is 5.56 Å². The Morgan fingerprint density at radius 2 is 2.24 bits per heavy atom. The summed E-state index contributed by atoms with van der Waals surface area (Å²) in [5.41, 5.74) is 2.93. The van der Waals surface area contributed by atoms with Gasteiger partial charge in [-0.1, -0.05) is 0 Å². The number of hydrogen-bond acceptors (Lipinski definition) is 4. The van der Waals surface area contributed by atoms with Crippen molar-refractivity contribution in [2.75, 3.05) is 5.32 Å². The van der Waals surface area contributed by atoms with Gasteiger partial charge in [0.25, 0.3) is 5.56 Å². The zero-order valence-electron chi connectivity index (χ0n) is 10.1. The van der Waals surface area contributed by atoms with E-state index < -0.39 is 0 Å². The minimum absolute atomic E-state index is 0.216. The van der Waals surface area contributed by atoms with Gasteiger partial charge in [-0.05, 0) is 13.8 Å². The lowest BCUT2D eigenvalue weighted by atomic mass is 10.2. The van der Waals surface area contributed by atoms with E-state index in [0.717, 1.165) is 17.0 Å². The van der Waals surface area contributed by atoms with Crippen LogP contribution in [0.15, 0.2) is 17.2 Å². The molecule has 0 atom stereocenters. The first-order valence-corrected chi connectivity index (χ1v) is 5.36. The van der Waals surface area contributed by atoms with Gasteiger partial charge in [-0.3, -0.25) is 9.48 Å². The molecular weight excluding hydrogens is 218 g/mol. The Balaban J connectivity index is 2.18. The summed E-state index contributed by atoms with van der Waals surface area (Å²) >= 11 is 0. The zero-order chi connectivity index (χ0) is 12.4. The van der Waals surface area contributed by atoms with Crippen molar-refractivity contribution < 1.29 is 0 Å². The highest BCUT2D eigenvalue weighted by molar-refractivity contribution is 5.34. The van der Waals surface area contributed by atoms with Crippen molar-refractivity contribution >= 4 is 5.82 Å². The van der Waals surface area contributed by atoms with Crippen molar-refractivity contribution in [3.8, 4) is 0 Å². The Kier molecular flexibility index (Phi) is 2.95. The fraction of sp³-hybridized carbons (Fsp3) is 0.364. The van der Waals surface area contributed by atoms with Crippen LogP contribution >= 0.6 is 0 Å². The molecule has 0 aliphatic rings. The van der Waals surface area contributed by atoms with Gasteiger partial charge in [0.05, 0.1) is 5.69 Å². The molecule has 2 N–H and O–H groups in total. The molecule has 0 radical (unpaired) electrons. The van der Waals surface area contributed by atoms with Crippen molar-refractivity contribution in [1.29, 1.82) is 0 Å². The van der Waals surface area contributed by atoms with Gasteiger partial charge in [0.2, 0.25) is 0 Å². The fourth-order valence-corrected chi connectivity index (χ4v) is 1.72. The first-order chi connectivity index (χ1) is 8.09. The highest BCUT2D eigenvalue weighted by atomic mass is 16.1. The minimum Gasteiger partial charge on any atom is -0.361 e. The Morgan fingerprint density at radius 1 is 1.47 bits per heavy atom. The van der Waals surface area contributed by atoms with Crippen molar-refractivity contribution in [3.63, 3.8) is 0 Å². The van der Waals surface area contributed by atoms with Crippen molar-refractivity contribution in [1.82, 2.24) is 19.7 Å². The third-order valence-electron chi connectivity index (χ3n) is 2.80. The molecule has 0 bridgehead atoms. The maximum atomic E-state index is 11.4. The number of nitrogens with zero attached hydrogens (tertiary/aromatic N) is 3. The standard InChI is InChI=1S/C11H15N5O/c1-7-9(8(2)16(3)15-7)6-14-10-11(17)13-5-4-12-10/h4-5H,6H2,1-3H3,(H,12,14)(H,13,17). The van der Waals surface area contributed by atoms with Crippen LogP contribution in [0.4, 0.5) is 5.82 Å². The summed E-state index contributed by atoms with van der Waals surface area (Å²) in [4.78, 5) is 18.0. The van der Waals surface area contributed by atoms with Crippen LogP contribution in [-0.4, -0.2) is 19.7 Å². The maximum absolute atomic E-state index is 11.4. The summed E-state index contributed by atoms with van der Waals surface area (Å²) in [6, 6.07) is 0. The molecule has 2 aromatic rings. The van der Waals surface area contributed by atoms with Crippen LogP contribution in [0, 0.1) is 13.8 Å². The van der Waals surface area contributed by atoms with Crippen molar-refractivity contribution in [2.24, 2.45) is 7.05 Å². The van der Waals surface area contributed by atoms with Gasteiger partial charge >= 0.3 is 0 Å². The van der Waals surface area contributed by atoms with Gasteiger partial charge in [0.1, 0.15) is 0 Å². The summed E-state index contributed by atoms with van der Waals surface area (Å²) in [5, 5.41) is 7.33. The number of nitrogens with one attached hydrogen (secondary N) is 2. The molecule has 0 aromatic carbocycles. The number of rotatable bonds is 3. The molecule has 0 amide bonds. The van der Waals surface area contributed by atoms with E-state index in [2.05, 4.69) is 20.4 Å². The fourth-order valence-electron chi connectivity index (χ4n) is 1.72. The first-order valence-electron chi connectivity index (χ1n) is 5.36. The Labute approximate surface area is 98.7 Å². The third kappa shape index (κ3) is 2.20. The second kappa shape index (κ2) is 4.40. The number of aromatic amines is 1. The number of H-pyrrole nitrogens is 1. The van der Waals surface area contributed by atoms with Crippen LogP contribution < -0.4 is 10.9 Å². The Bertz CT molecular complexity index is 584. The Hall–Kier alpha value is -2.11. The number of aryl methyl sites for hydroxylation is 2. The average molecular weight is 233 g/mol. The molecular formula is C11H15N5O. The largest absolute Gasteiger partial charge is 0.361 e. The van der Waals surface area contributed by atoms with Crippen LogP contribution in [0.5, 0.6) is 0 Å². The molecule has 0 saturated heterocycles. The predicted octanol–water partition coefficient (Wildman–Crippen LogP) is 0.732. The van der Waals surface area contributed by atoms with E-state index in [1.807, 2.05) is 25.6 Å². The van der Waals surface area contributed by atoms with Crippen molar-refractivity contribution in [2.45, 2.75) is 20.4 Å². The molecule has 0 aliphatic carbocycles. The molecule has 2 aromatic heterocycles. The van der Waals surface area contributed by atoms with E-state index in [1.165, 1.54) is 6.20 Å². The van der Waals surface area contributed by atoms with Crippen molar-refractivity contribution in [3.05, 3.63) is 39.7 Å². The molecule has 0 spiro atoms. The number of anilines is 1. The summed E-state index contributed by atoms with van der Waals surface area (Å²) < 4.78 is 1.83. The van der Waals surface area contributed by atoms with Crippen LogP contribution in [0.2, 0.25) is 0 Å². The van der Waals surface area contributed by atoms with Gasteiger partial charge in [-0.25, -0.2) is 4.98 Å². The molecule has 0 unspecified atom stereocenters. The van der Waals surface area contributed by atoms with E-state index in [9.17, 15) is 4.79 Å². The lowest BCUT2D eigenvalue weighted by Crippen LogP contribution is -2.15. The van der Waals surface area contributed by atoms with Gasteiger partial charge < -0.3 is 10.3 Å². The van der Waals surface area contributed by atoms with Crippen LogP contribution in [0.25, 0.3) is 0 Å². The van der Waals surface area contributed by atoms with E-state index >= 15 is 0 Å². The molecule has 0 aliphatic heterocycles. The summed E-state index contributed by atoms with van der Waals surface area (Å²) in [6.45, 7) is 4.50. The summed E-state index contributed by atoms with van der Waals surface area (Å²) in [5.74, 6) is 0.329. The van der Waals surface area contributed by atoms with Gasteiger partial charge in [-0.15, -0.1) is 0 Å². The molecule has 6 nitrogen and oxygen atoms in total. The highest BCUT2D eigenvalue weighted by Crippen LogP contribution is 2.12.